The van der Waals surface area contributed by atoms with Gasteiger partial charge < -0.3 is 14.2 Å². The second-order valence-corrected chi connectivity index (χ2v) is 5.29. The molecule has 1 unspecified atom stereocenters. The molecule has 1 aromatic carbocycles. The molecule has 0 radical (unpaired) electrons. The van der Waals surface area contributed by atoms with Gasteiger partial charge in [0.25, 0.3) is 0 Å². The topological polar surface area (TPSA) is 62.6 Å². The first-order chi connectivity index (χ1) is 11.3. The smallest absolute Gasteiger partial charge is 0.362 e. The van der Waals surface area contributed by atoms with E-state index < -0.39 is 5.97 Å². The number of carbonyl (C=O) groups is 1. The van der Waals surface area contributed by atoms with E-state index in [0.29, 0.717) is 19.0 Å². The predicted octanol–water partition coefficient (Wildman–Crippen LogP) is 2.61. The highest BCUT2D eigenvalue weighted by Gasteiger charge is 2.22. The third-order valence-electron chi connectivity index (χ3n) is 3.62. The molecule has 6 heteroatoms. The largest absolute Gasteiger partial charge is 0.487 e. The van der Waals surface area contributed by atoms with Crippen molar-refractivity contribution in [1.29, 1.82) is 0 Å². The molecule has 122 valence electrons. The molecule has 1 aliphatic rings. The molecule has 0 aliphatic carbocycles. The SMILES string of the molecule is CCOC(=O)c1nn(-c2ccccc2)cc1OCC1CCCO1. The number of nitrogens with zero attached hydrogens (tertiary/aromatic N) is 2. The van der Waals surface area contributed by atoms with Crippen molar-refractivity contribution in [2.75, 3.05) is 19.8 Å². The average Bonchev–Trinajstić information content (AvgIpc) is 3.23. The number of esters is 1. The van der Waals surface area contributed by atoms with Crippen molar-refractivity contribution < 1.29 is 19.0 Å². The quantitative estimate of drug-likeness (QED) is 0.767. The Bertz CT molecular complexity index is 648. The van der Waals surface area contributed by atoms with Crippen LogP contribution in [0.25, 0.3) is 5.69 Å². The summed E-state index contributed by atoms with van der Waals surface area (Å²) in [4.78, 5) is 12.1. The van der Waals surface area contributed by atoms with Crippen LogP contribution in [0.2, 0.25) is 0 Å². The fourth-order valence-electron chi connectivity index (χ4n) is 2.48. The van der Waals surface area contributed by atoms with Crippen molar-refractivity contribution in [2.45, 2.75) is 25.9 Å². The Morgan fingerprint density at radius 1 is 1.39 bits per heavy atom. The Kier molecular flexibility index (Phi) is 4.92. The molecule has 0 spiro atoms. The van der Waals surface area contributed by atoms with Crippen LogP contribution in [0.4, 0.5) is 0 Å². The third-order valence-corrected chi connectivity index (χ3v) is 3.62. The highest BCUT2D eigenvalue weighted by molar-refractivity contribution is 5.90. The van der Waals surface area contributed by atoms with Gasteiger partial charge >= 0.3 is 5.97 Å². The number of aromatic nitrogens is 2. The second-order valence-electron chi connectivity index (χ2n) is 5.29. The van der Waals surface area contributed by atoms with Crippen molar-refractivity contribution in [2.24, 2.45) is 0 Å². The lowest BCUT2D eigenvalue weighted by molar-refractivity contribution is 0.0498. The maximum Gasteiger partial charge on any atom is 0.362 e. The van der Waals surface area contributed by atoms with Crippen LogP contribution in [0.5, 0.6) is 5.75 Å². The van der Waals surface area contributed by atoms with Gasteiger partial charge in [0.05, 0.1) is 24.6 Å². The van der Waals surface area contributed by atoms with E-state index >= 15 is 0 Å². The molecule has 1 saturated heterocycles. The van der Waals surface area contributed by atoms with E-state index in [9.17, 15) is 4.79 Å². The lowest BCUT2D eigenvalue weighted by Gasteiger charge is -2.10. The molecule has 0 saturated carbocycles. The summed E-state index contributed by atoms with van der Waals surface area (Å²) in [5, 5.41) is 4.32. The number of rotatable bonds is 6. The number of para-hydroxylation sites is 1. The number of ether oxygens (including phenoxy) is 3. The summed E-state index contributed by atoms with van der Waals surface area (Å²) >= 11 is 0. The molecule has 0 N–H and O–H groups in total. The van der Waals surface area contributed by atoms with E-state index in [1.165, 1.54) is 0 Å². The molecule has 0 amide bonds. The van der Waals surface area contributed by atoms with E-state index in [1.807, 2.05) is 30.3 Å². The molecule has 23 heavy (non-hydrogen) atoms. The van der Waals surface area contributed by atoms with Crippen molar-refractivity contribution in [1.82, 2.24) is 9.78 Å². The predicted molar refractivity (Wildman–Crippen MR) is 84.0 cm³/mol. The summed E-state index contributed by atoms with van der Waals surface area (Å²) < 4.78 is 18.0. The second kappa shape index (κ2) is 7.28. The van der Waals surface area contributed by atoms with Crippen LogP contribution in [-0.4, -0.2) is 41.7 Å². The van der Waals surface area contributed by atoms with Gasteiger partial charge in [0.1, 0.15) is 6.61 Å². The summed E-state index contributed by atoms with van der Waals surface area (Å²) in [5.41, 5.74) is 1.04. The first-order valence-electron chi connectivity index (χ1n) is 7.84. The minimum absolute atomic E-state index is 0.0742. The maximum absolute atomic E-state index is 12.1. The Hall–Kier alpha value is -2.34. The molecule has 1 aliphatic heterocycles. The third kappa shape index (κ3) is 3.71. The van der Waals surface area contributed by atoms with Crippen LogP contribution in [0, 0.1) is 0 Å². The van der Waals surface area contributed by atoms with Gasteiger partial charge in [0, 0.05) is 6.61 Å². The maximum atomic E-state index is 12.1. The molecule has 2 aromatic rings. The normalized spacial score (nSPS) is 17.2. The number of carbonyl (C=O) groups excluding carboxylic acids is 1. The van der Waals surface area contributed by atoms with Crippen LogP contribution >= 0.6 is 0 Å². The summed E-state index contributed by atoms with van der Waals surface area (Å²) in [5.74, 6) is -0.0627. The van der Waals surface area contributed by atoms with Gasteiger partial charge in [-0.25, -0.2) is 9.48 Å². The molecule has 3 rings (SSSR count). The zero-order valence-electron chi connectivity index (χ0n) is 13.1. The van der Waals surface area contributed by atoms with Crippen molar-refractivity contribution in [3.63, 3.8) is 0 Å². The molecule has 6 nitrogen and oxygen atoms in total. The molecule has 2 heterocycles. The highest BCUT2D eigenvalue weighted by Crippen LogP contribution is 2.22. The monoisotopic (exact) mass is 316 g/mol. The number of benzene rings is 1. The first kappa shape index (κ1) is 15.6. The van der Waals surface area contributed by atoms with Gasteiger partial charge in [-0.05, 0) is 31.9 Å². The Balaban J connectivity index is 1.82. The fraction of sp³-hybridized carbons (Fsp3) is 0.412. The average molecular weight is 316 g/mol. The lowest BCUT2D eigenvalue weighted by Crippen LogP contribution is -2.17. The van der Waals surface area contributed by atoms with Gasteiger partial charge in [-0.15, -0.1) is 0 Å². The van der Waals surface area contributed by atoms with Gasteiger partial charge in [0.2, 0.25) is 5.69 Å². The Morgan fingerprint density at radius 2 is 2.22 bits per heavy atom. The van der Waals surface area contributed by atoms with Gasteiger partial charge in [-0.1, -0.05) is 18.2 Å². The highest BCUT2D eigenvalue weighted by atomic mass is 16.5. The molecular weight excluding hydrogens is 296 g/mol. The molecule has 1 aromatic heterocycles. The van der Waals surface area contributed by atoms with Crippen LogP contribution in [0.15, 0.2) is 36.5 Å². The van der Waals surface area contributed by atoms with Crippen LogP contribution in [0.3, 0.4) is 0 Å². The van der Waals surface area contributed by atoms with Crippen LogP contribution < -0.4 is 4.74 Å². The van der Waals surface area contributed by atoms with E-state index in [4.69, 9.17) is 14.2 Å². The number of hydrogen-bond acceptors (Lipinski definition) is 5. The zero-order valence-corrected chi connectivity index (χ0v) is 13.1. The van der Waals surface area contributed by atoms with E-state index in [-0.39, 0.29) is 11.8 Å². The standard InChI is InChI=1S/C17H20N2O4/c1-2-21-17(20)16-15(23-12-14-9-6-10-22-14)11-19(18-16)13-7-4-3-5-8-13/h3-5,7-8,11,14H,2,6,9-10,12H2,1H3. The fourth-order valence-corrected chi connectivity index (χ4v) is 2.48. The summed E-state index contributed by atoms with van der Waals surface area (Å²) in [7, 11) is 0. The lowest BCUT2D eigenvalue weighted by atomic mass is 10.2. The van der Waals surface area contributed by atoms with Crippen LogP contribution in [0.1, 0.15) is 30.3 Å². The van der Waals surface area contributed by atoms with Crippen LogP contribution in [-0.2, 0) is 9.47 Å². The number of hydrogen-bond donors (Lipinski definition) is 0. The molecule has 0 bridgehead atoms. The Labute approximate surface area is 135 Å². The van der Waals surface area contributed by atoms with Gasteiger partial charge in [-0.3, -0.25) is 0 Å². The molecular formula is C17H20N2O4. The Morgan fingerprint density at radius 3 is 2.91 bits per heavy atom. The minimum atomic E-state index is -0.482. The molecule has 1 fully saturated rings. The van der Waals surface area contributed by atoms with E-state index in [0.717, 1.165) is 25.1 Å². The van der Waals surface area contributed by atoms with Gasteiger partial charge in [-0.2, -0.15) is 5.10 Å². The summed E-state index contributed by atoms with van der Waals surface area (Å²) in [6.45, 7) is 3.23. The van der Waals surface area contributed by atoms with Gasteiger partial charge in [0.15, 0.2) is 5.75 Å². The van der Waals surface area contributed by atoms with Crippen molar-refractivity contribution in [3.8, 4) is 11.4 Å². The van der Waals surface area contributed by atoms with Crippen molar-refractivity contribution in [3.05, 3.63) is 42.2 Å². The van der Waals surface area contributed by atoms with Crippen molar-refractivity contribution >= 4 is 5.97 Å². The van der Waals surface area contributed by atoms with E-state index in [2.05, 4.69) is 5.10 Å². The van der Waals surface area contributed by atoms with E-state index in [1.54, 1.807) is 17.8 Å². The summed E-state index contributed by atoms with van der Waals surface area (Å²) in [6.07, 6.45) is 3.80. The zero-order chi connectivity index (χ0) is 16.1. The summed E-state index contributed by atoms with van der Waals surface area (Å²) in [6, 6.07) is 9.56. The first-order valence-corrected chi connectivity index (χ1v) is 7.84. The minimum Gasteiger partial charge on any atom is -0.487 e. The molecule has 1 atom stereocenters.